The highest BCUT2D eigenvalue weighted by atomic mass is 35.5. The van der Waals surface area contributed by atoms with E-state index in [9.17, 15) is 9.59 Å². The third-order valence-electron chi connectivity index (χ3n) is 3.28. The fourth-order valence-corrected chi connectivity index (χ4v) is 3.14. The van der Waals surface area contributed by atoms with Crippen LogP contribution in [0, 0.1) is 0 Å². The Morgan fingerprint density at radius 3 is 2.30 bits per heavy atom. The van der Waals surface area contributed by atoms with Gasteiger partial charge in [-0.15, -0.1) is 0 Å². The highest BCUT2D eigenvalue weighted by Gasteiger charge is 2.36. The van der Waals surface area contributed by atoms with Gasteiger partial charge in [-0.3, -0.25) is 9.59 Å². The third-order valence-corrected chi connectivity index (χ3v) is 4.48. The third kappa shape index (κ3) is 1.96. The average molecular weight is 326 g/mol. The summed E-state index contributed by atoms with van der Waals surface area (Å²) in [6.07, 6.45) is 9.23. The molecule has 0 atom stereocenters. The summed E-state index contributed by atoms with van der Waals surface area (Å²) >= 11 is 18.1. The summed E-state index contributed by atoms with van der Waals surface area (Å²) in [6, 6.07) is 0. The Kier molecular flexibility index (Phi) is 3.33. The average Bonchev–Trinajstić information content (AvgIpc) is 2.65. The van der Waals surface area contributed by atoms with E-state index in [0.717, 1.165) is 5.57 Å². The molecule has 2 nitrogen and oxygen atoms in total. The van der Waals surface area contributed by atoms with Gasteiger partial charge in [0.05, 0.1) is 10.1 Å². The number of Topliss-reactive ketones (excluding diaryl/α,β-unsaturated/α-hetero) is 2. The minimum atomic E-state index is -0.404. The minimum absolute atomic E-state index is 0.0362. The number of halogens is 3. The monoisotopic (exact) mass is 324 g/mol. The van der Waals surface area contributed by atoms with Crippen molar-refractivity contribution in [1.82, 2.24) is 0 Å². The Bertz CT molecular complexity index is 740. The number of hydrogen-bond donors (Lipinski definition) is 0. The topological polar surface area (TPSA) is 34.1 Å². The molecular weight excluding hydrogens is 319 g/mol. The van der Waals surface area contributed by atoms with Crippen LogP contribution in [-0.4, -0.2) is 11.6 Å². The molecule has 100 valence electrons. The van der Waals surface area contributed by atoms with Crippen molar-refractivity contribution >= 4 is 46.4 Å². The van der Waals surface area contributed by atoms with Gasteiger partial charge < -0.3 is 0 Å². The summed E-state index contributed by atoms with van der Waals surface area (Å²) in [7, 11) is 0. The van der Waals surface area contributed by atoms with Crippen LogP contribution < -0.4 is 0 Å². The normalized spacial score (nSPS) is 22.1. The van der Waals surface area contributed by atoms with E-state index in [4.69, 9.17) is 34.8 Å². The molecule has 0 heterocycles. The van der Waals surface area contributed by atoms with E-state index in [1.165, 1.54) is 0 Å². The zero-order valence-electron chi connectivity index (χ0n) is 10.0. The van der Waals surface area contributed by atoms with Gasteiger partial charge in [0.2, 0.25) is 11.6 Å². The van der Waals surface area contributed by atoms with Gasteiger partial charge in [-0.25, -0.2) is 0 Å². The summed E-state index contributed by atoms with van der Waals surface area (Å²) in [5.41, 5.74) is 1.89. The van der Waals surface area contributed by atoms with Crippen molar-refractivity contribution in [3.8, 4) is 0 Å². The smallest absolute Gasteiger partial charge is 0.206 e. The first kappa shape index (κ1) is 13.6. The molecule has 5 heteroatoms. The summed E-state index contributed by atoms with van der Waals surface area (Å²) in [6.45, 7) is 0. The highest BCUT2D eigenvalue weighted by molar-refractivity contribution is 6.57. The van der Waals surface area contributed by atoms with Gasteiger partial charge in [0, 0.05) is 23.1 Å². The zero-order valence-corrected chi connectivity index (χ0v) is 12.3. The second kappa shape index (κ2) is 4.88. The van der Waals surface area contributed by atoms with E-state index in [0.29, 0.717) is 12.0 Å². The summed E-state index contributed by atoms with van der Waals surface area (Å²) in [4.78, 5) is 24.5. The molecule has 0 amide bonds. The summed E-state index contributed by atoms with van der Waals surface area (Å²) in [5, 5.41) is -0.127. The number of carbonyl (C=O) groups is 2. The Labute approximate surface area is 130 Å². The molecule has 0 aromatic rings. The maximum absolute atomic E-state index is 12.4. The van der Waals surface area contributed by atoms with Gasteiger partial charge >= 0.3 is 0 Å². The predicted octanol–water partition coefficient (Wildman–Crippen LogP) is 4.07. The number of ketones is 2. The maximum Gasteiger partial charge on any atom is 0.206 e. The van der Waals surface area contributed by atoms with Crippen LogP contribution in [0.25, 0.3) is 0 Å². The zero-order chi connectivity index (χ0) is 14.4. The molecule has 20 heavy (non-hydrogen) atoms. The van der Waals surface area contributed by atoms with Crippen LogP contribution in [0.3, 0.4) is 0 Å². The number of fused-ring (bicyclic) bond motifs is 3. The molecule has 0 aromatic carbocycles. The number of hydrogen-bond acceptors (Lipinski definition) is 2. The molecular formula is C15H7Cl3O2. The standard InChI is InChI=1S/C15H7Cl3O2/c16-11-10-9(15(20)13(11)18)6-7-3-1-2-4-8(5-7)14(19)12(10)17/h1-4,6H,5H2. The fourth-order valence-electron chi connectivity index (χ4n) is 2.30. The second-order valence-corrected chi connectivity index (χ2v) is 5.66. The number of rotatable bonds is 0. The van der Waals surface area contributed by atoms with Crippen LogP contribution in [0.4, 0.5) is 0 Å². The van der Waals surface area contributed by atoms with Crippen molar-refractivity contribution in [2.24, 2.45) is 0 Å². The summed E-state index contributed by atoms with van der Waals surface area (Å²) in [5.74, 6) is -0.735. The number of allylic oxidation sites excluding steroid dienone is 12. The first-order valence-electron chi connectivity index (χ1n) is 5.84. The molecule has 0 saturated heterocycles. The lowest BCUT2D eigenvalue weighted by atomic mass is 9.93. The van der Waals surface area contributed by atoms with Crippen LogP contribution in [0.2, 0.25) is 0 Å². The fraction of sp³-hybridized carbons (Fsp3) is 0.0667. The van der Waals surface area contributed by atoms with Crippen molar-refractivity contribution in [3.05, 3.63) is 67.8 Å². The van der Waals surface area contributed by atoms with E-state index >= 15 is 0 Å². The molecule has 0 N–H and O–H groups in total. The molecule has 0 aromatic heterocycles. The first-order chi connectivity index (χ1) is 9.50. The lowest BCUT2D eigenvalue weighted by Crippen LogP contribution is -2.10. The maximum atomic E-state index is 12.4. The Morgan fingerprint density at radius 2 is 1.55 bits per heavy atom. The first-order valence-corrected chi connectivity index (χ1v) is 6.97. The highest BCUT2D eigenvalue weighted by Crippen LogP contribution is 2.43. The van der Waals surface area contributed by atoms with Crippen LogP contribution in [-0.2, 0) is 9.59 Å². The SMILES string of the molecule is O=C1C2=CC3=CC=CC=C(C3)C(=O)C(Cl)=C2C(Cl)=C1Cl. The van der Waals surface area contributed by atoms with E-state index in [1.807, 2.05) is 12.2 Å². The van der Waals surface area contributed by atoms with Gasteiger partial charge in [-0.05, 0) is 11.6 Å². The minimum Gasteiger partial charge on any atom is -0.288 e. The predicted molar refractivity (Wildman–Crippen MR) is 79.6 cm³/mol. The molecule has 3 aliphatic carbocycles. The quantitative estimate of drug-likeness (QED) is 0.672. The van der Waals surface area contributed by atoms with E-state index in [-0.39, 0.29) is 32.0 Å². The number of carbonyl (C=O) groups excluding carboxylic acids is 2. The Morgan fingerprint density at radius 1 is 0.850 bits per heavy atom. The molecule has 0 radical (unpaired) electrons. The van der Waals surface area contributed by atoms with Crippen molar-refractivity contribution in [2.45, 2.75) is 6.42 Å². The Balaban J connectivity index is 2.33. The molecule has 3 rings (SSSR count). The van der Waals surface area contributed by atoms with Crippen molar-refractivity contribution in [2.75, 3.05) is 0 Å². The largest absolute Gasteiger partial charge is 0.288 e. The second-order valence-electron chi connectivity index (χ2n) is 4.53. The van der Waals surface area contributed by atoms with E-state index in [1.54, 1.807) is 18.2 Å². The van der Waals surface area contributed by atoms with E-state index < -0.39 is 5.78 Å². The van der Waals surface area contributed by atoms with Gasteiger partial charge in [-0.2, -0.15) is 0 Å². The van der Waals surface area contributed by atoms with E-state index in [2.05, 4.69) is 0 Å². The summed E-state index contributed by atoms with van der Waals surface area (Å²) < 4.78 is 0. The van der Waals surface area contributed by atoms with Gasteiger partial charge in [-0.1, -0.05) is 59.1 Å². The molecule has 0 spiro atoms. The molecule has 0 saturated carbocycles. The lowest BCUT2D eigenvalue weighted by Gasteiger charge is -2.13. The van der Waals surface area contributed by atoms with Crippen LogP contribution >= 0.6 is 34.8 Å². The Hall–Kier alpha value is -1.35. The molecule has 2 bridgehead atoms. The molecule has 0 fully saturated rings. The van der Waals surface area contributed by atoms with Gasteiger partial charge in [0.15, 0.2) is 0 Å². The van der Waals surface area contributed by atoms with Crippen LogP contribution in [0.5, 0.6) is 0 Å². The molecule has 3 aliphatic rings. The van der Waals surface area contributed by atoms with Crippen LogP contribution in [0.1, 0.15) is 6.42 Å². The van der Waals surface area contributed by atoms with Gasteiger partial charge in [0.1, 0.15) is 5.03 Å². The lowest BCUT2D eigenvalue weighted by molar-refractivity contribution is -0.112. The van der Waals surface area contributed by atoms with Crippen molar-refractivity contribution in [1.29, 1.82) is 0 Å². The van der Waals surface area contributed by atoms with Gasteiger partial charge in [0.25, 0.3) is 0 Å². The van der Waals surface area contributed by atoms with Crippen molar-refractivity contribution in [3.63, 3.8) is 0 Å². The molecule has 0 unspecified atom stereocenters. The van der Waals surface area contributed by atoms with Crippen LogP contribution in [0.15, 0.2) is 67.8 Å². The van der Waals surface area contributed by atoms with Crippen molar-refractivity contribution < 1.29 is 9.59 Å². The molecule has 0 aliphatic heterocycles.